The predicted octanol–water partition coefficient (Wildman–Crippen LogP) is 3.97. The van der Waals surface area contributed by atoms with E-state index in [-0.39, 0.29) is 17.4 Å². The summed E-state index contributed by atoms with van der Waals surface area (Å²) in [5.74, 6) is -0.0175. The summed E-state index contributed by atoms with van der Waals surface area (Å²) in [7, 11) is 0. The van der Waals surface area contributed by atoms with Crippen molar-refractivity contribution >= 4 is 22.9 Å². The Morgan fingerprint density at radius 2 is 2.00 bits per heavy atom. The van der Waals surface area contributed by atoms with Crippen molar-refractivity contribution < 1.29 is 22.7 Å². The van der Waals surface area contributed by atoms with Crippen LogP contribution >= 0.6 is 0 Å². The minimum absolute atomic E-state index is 0.0421. The number of nitrogens with one attached hydrogen (secondary N) is 1. The number of rotatable bonds is 5. The van der Waals surface area contributed by atoms with Crippen LogP contribution in [0.15, 0.2) is 61.3 Å². The van der Waals surface area contributed by atoms with E-state index >= 15 is 0 Å². The van der Waals surface area contributed by atoms with Gasteiger partial charge in [-0.25, -0.2) is 9.50 Å². The lowest BCUT2D eigenvalue weighted by molar-refractivity contribution is -0.137. The van der Waals surface area contributed by atoms with E-state index in [1.807, 2.05) is 13.1 Å². The second-order valence-corrected chi connectivity index (χ2v) is 7.96. The number of nitrogens with zero attached hydrogens (tertiary/aromatic N) is 5. The van der Waals surface area contributed by atoms with Crippen molar-refractivity contribution in [3.05, 3.63) is 78.0 Å². The lowest BCUT2D eigenvalue weighted by Crippen LogP contribution is -2.54. The van der Waals surface area contributed by atoms with Crippen LogP contribution in [0.3, 0.4) is 0 Å². The van der Waals surface area contributed by atoms with Gasteiger partial charge in [-0.1, -0.05) is 6.07 Å². The number of halogens is 3. The van der Waals surface area contributed by atoms with Crippen molar-refractivity contribution in [3.8, 4) is 5.75 Å². The van der Waals surface area contributed by atoms with Crippen molar-refractivity contribution in [2.24, 2.45) is 0 Å². The highest BCUT2D eigenvalue weighted by Crippen LogP contribution is 2.31. The number of aromatic nitrogens is 4. The summed E-state index contributed by atoms with van der Waals surface area (Å²) in [6, 6.07) is 7.57. The van der Waals surface area contributed by atoms with Crippen molar-refractivity contribution in [1.29, 1.82) is 0 Å². The van der Waals surface area contributed by atoms with Gasteiger partial charge in [-0.05, 0) is 36.8 Å². The first-order valence-electron chi connectivity index (χ1n) is 10.4. The number of aryl methyl sites for hydroxylation is 1. The fraction of sp³-hybridized carbons (Fsp3) is 0.217. The smallest absolute Gasteiger partial charge is 0.417 e. The fourth-order valence-electron chi connectivity index (χ4n) is 3.66. The van der Waals surface area contributed by atoms with Crippen molar-refractivity contribution in [1.82, 2.24) is 19.6 Å². The minimum atomic E-state index is -4.55. The number of carbonyl (C=O) groups is 1. The zero-order valence-electron chi connectivity index (χ0n) is 18.0. The van der Waals surface area contributed by atoms with Crippen LogP contribution in [-0.2, 0) is 6.18 Å². The third kappa shape index (κ3) is 4.24. The molecule has 174 valence electrons. The molecule has 34 heavy (non-hydrogen) atoms. The molecule has 1 N–H and O–H groups in total. The Morgan fingerprint density at radius 1 is 1.18 bits per heavy atom. The van der Waals surface area contributed by atoms with E-state index in [0.29, 0.717) is 25.0 Å². The lowest BCUT2D eigenvalue weighted by atomic mass is 10.1. The molecule has 1 amide bonds. The van der Waals surface area contributed by atoms with Crippen LogP contribution in [0.2, 0.25) is 0 Å². The molecular weight excluding hydrogens is 449 g/mol. The molecule has 1 saturated heterocycles. The monoisotopic (exact) mass is 468 g/mol. The highest BCUT2D eigenvalue weighted by Gasteiger charge is 2.32. The summed E-state index contributed by atoms with van der Waals surface area (Å²) >= 11 is 0. The standard InChI is InChI=1S/C23H19F3N6O2/c1-14-3-4-15(22(33)30-17-8-16(9-27-10-17)23(24,25)26)7-20(14)34-18-12-31(13-18)19-11-29-32-6-2-5-28-21(19)32/h2-11,18H,12-13H2,1H3,(H,30,33). The highest BCUT2D eigenvalue weighted by molar-refractivity contribution is 6.04. The van der Waals surface area contributed by atoms with E-state index in [1.165, 1.54) is 0 Å². The molecule has 4 aromatic rings. The molecule has 0 spiro atoms. The quantitative estimate of drug-likeness (QED) is 0.477. The van der Waals surface area contributed by atoms with Crippen molar-refractivity contribution in [2.45, 2.75) is 19.2 Å². The maximum absolute atomic E-state index is 12.9. The molecule has 1 aliphatic rings. The van der Waals surface area contributed by atoms with Gasteiger partial charge in [0, 0.05) is 24.2 Å². The first kappa shape index (κ1) is 21.7. The maximum atomic E-state index is 12.9. The summed E-state index contributed by atoms with van der Waals surface area (Å²) in [4.78, 5) is 22.7. The van der Waals surface area contributed by atoms with E-state index < -0.39 is 17.6 Å². The number of amides is 1. The van der Waals surface area contributed by atoms with E-state index in [0.717, 1.165) is 29.2 Å². The van der Waals surface area contributed by atoms with E-state index in [9.17, 15) is 18.0 Å². The Kier molecular flexibility index (Phi) is 5.31. The first-order valence-corrected chi connectivity index (χ1v) is 10.4. The summed E-state index contributed by atoms with van der Waals surface area (Å²) in [5.41, 5.74) is 1.81. The number of hydrogen-bond donors (Lipinski definition) is 1. The van der Waals surface area contributed by atoms with E-state index in [2.05, 4.69) is 25.3 Å². The average Bonchev–Trinajstić information content (AvgIpc) is 3.20. The molecule has 0 aliphatic carbocycles. The summed E-state index contributed by atoms with van der Waals surface area (Å²) in [6.45, 7) is 3.12. The van der Waals surface area contributed by atoms with Gasteiger partial charge in [0.15, 0.2) is 5.65 Å². The van der Waals surface area contributed by atoms with Gasteiger partial charge < -0.3 is 15.0 Å². The Balaban J connectivity index is 1.25. The van der Waals surface area contributed by atoms with Crippen LogP contribution in [0.4, 0.5) is 24.5 Å². The number of anilines is 2. The zero-order chi connectivity index (χ0) is 23.9. The summed E-state index contributed by atoms with van der Waals surface area (Å²) in [6.07, 6.45) is 2.53. The van der Waals surface area contributed by atoms with Crippen LogP contribution in [-0.4, -0.2) is 44.7 Å². The number of ether oxygens (including phenoxy) is 1. The van der Waals surface area contributed by atoms with Gasteiger partial charge in [-0.15, -0.1) is 0 Å². The van der Waals surface area contributed by atoms with Gasteiger partial charge in [-0.3, -0.25) is 9.78 Å². The normalized spacial score (nSPS) is 14.2. The van der Waals surface area contributed by atoms with Gasteiger partial charge in [0.1, 0.15) is 17.5 Å². The van der Waals surface area contributed by atoms with Crippen LogP contribution in [0.1, 0.15) is 21.5 Å². The second-order valence-electron chi connectivity index (χ2n) is 7.96. The van der Waals surface area contributed by atoms with E-state index in [1.54, 1.807) is 41.2 Å². The molecule has 1 aliphatic heterocycles. The van der Waals surface area contributed by atoms with Gasteiger partial charge in [-0.2, -0.15) is 18.3 Å². The predicted molar refractivity (Wildman–Crippen MR) is 118 cm³/mol. The van der Waals surface area contributed by atoms with Gasteiger partial charge in [0.05, 0.1) is 36.7 Å². The first-order chi connectivity index (χ1) is 16.3. The molecular formula is C23H19F3N6O2. The molecule has 0 unspecified atom stereocenters. The van der Waals surface area contributed by atoms with Crippen LogP contribution in [0.5, 0.6) is 5.75 Å². The van der Waals surface area contributed by atoms with Gasteiger partial charge in [0.25, 0.3) is 5.91 Å². The molecule has 4 heterocycles. The molecule has 1 aromatic carbocycles. The molecule has 1 fully saturated rings. The SMILES string of the molecule is Cc1ccc(C(=O)Nc2cncc(C(F)(F)F)c2)cc1OC1CN(c2cnn3cccnc23)C1. The fourth-order valence-corrected chi connectivity index (χ4v) is 3.66. The maximum Gasteiger partial charge on any atom is 0.417 e. The lowest BCUT2D eigenvalue weighted by Gasteiger charge is -2.40. The number of benzene rings is 1. The Labute approximate surface area is 192 Å². The van der Waals surface area contributed by atoms with Crippen LogP contribution in [0.25, 0.3) is 5.65 Å². The third-order valence-electron chi connectivity index (χ3n) is 5.52. The number of carbonyl (C=O) groups excluding carboxylic acids is 1. The minimum Gasteiger partial charge on any atom is -0.486 e. The van der Waals surface area contributed by atoms with Crippen LogP contribution in [0, 0.1) is 6.92 Å². The molecule has 0 atom stereocenters. The number of pyridine rings is 1. The number of hydrogen-bond acceptors (Lipinski definition) is 6. The Bertz CT molecular complexity index is 1360. The molecule has 5 rings (SSSR count). The molecule has 8 nitrogen and oxygen atoms in total. The molecule has 11 heteroatoms. The van der Waals surface area contributed by atoms with Gasteiger partial charge >= 0.3 is 6.18 Å². The van der Waals surface area contributed by atoms with Crippen LogP contribution < -0.4 is 15.0 Å². The topological polar surface area (TPSA) is 84.6 Å². The number of alkyl halides is 3. The average molecular weight is 468 g/mol. The van der Waals surface area contributed by atoms with E-state index in [4.69, 9.17) is 4.74 Å². The zero-order valence-corrected chi connectivity index (χ0v) is 18.0. The largest absolute Gasteiger partial charge is 0.486 e. The molecule has 0 radical (unpaired) electrons. The summed E-state index contributed by atoms with van der Waals surface area (Å²) < 4.78 is 46.5. The molecule has 0 saturated carbocycles. The van der Waals surface area contributed by atoms with Gasteiger partial charge in [0.2, 0.25) is 0 Å². The number of fused-ring (bicyclic) bond motifs is 1. The molecule has 3 aromatic heterocycles. The Hall–Kier alpha value is -4.15. The van der Waals surface area contributed by atoms with Crippen molar-refractivity contribution in [3.63, 3.8) is 0 Å². The summed E-state index contributed by atoms with van der Waals surface area (Å²) in [5, 5.41) is 6.75. The highest BCUT2D eigenvalue weighted by atomic mass is 19.4. The molecule has 0 bridgehead atoms. The second kappa shape index (κ2) is 8.32. The third-order valence-corrected chi connectivity index (χ3v) is 5.52. The Morgan fingerprint density at radius 3 is 2.79 bits per heavy atom. The van der Waals surface area contributed by atoms with Crippen molar-refractivity contribution in [2.75, 3.05) is 23.3 Å².